The van der Waals surface area contributed by atoms with Crippen LogP contribution >= 0.6 is 0 Å². The van der Waals surface area contributed by atoms with Crippen molar-refractivity contribution in [1.82, 2.24) is 15.1 Å². The highest BCUT2D eigenvalue weighted by molar-refractivity contribution is 6.09. The maximum absolute atomic E-state index is 12.7. The van der Waals surface area contributed by atoms with Gasteiger partial charge in [-0.25, -0.2) is 0 Å². The van der Waals surface area contributed by atoms with Crippen LogP contribution in [0.5, 0.6) is 0 Å². The van der Waals surface area contributed by atoms with Crippen LogP contribution in [0, 0.1) is 0 Å². The number of nitrogens with one attached hydrogen (secondary N) is 1. The minimum absolute atomic E-state index is 0.117. The summed E-state index contributed by atoms with van der Waals surface area (Å²) in [5.41, 5.74) is 3.01. The van der Waals surface area contributed by atoms with Gasteiger partial charge in [0.05, 0.1) is 17.4 Å². The first-order chi connectivity index (χ1) is 12.6. The van der Waals surface area contributed by atoms with Crippen molar-refractivity contribution in [3.05, 3.63) is 48.0 Å². The van der Waals surface area contributed by atoms with Gasteiger partial charge in [0.1, 0.15) is 17.9 Å². The molecule has 7 nitrogen and oxygen atoms in total. The van der Waals surface area contributed by atoms with Crippen LogP contribution in [0.15, 0.2) is 41.3 Å². The summed E-state index contributed by atoms with van der Waals surface area (Å²) in [6.45, 7) is 2.62. The van der Waals surface area contributed by atoms with Crippen molar-refractivity contribution in [2.45, 2.75) is 25.8 Å². The van der Waals surface area contributed by atoms with Crippen LogP contribution in [0.1, 0.15) is 29.3 Å². The molecule has 0 bridgehead atoms. The summed E-state index contributed by atoms with van der Waals surface area (Å²) in [6, 6.07) is 5.28. The Labute approximate surface area is 150 Å². The van der Waals surface area contributed by atoms with Gasteiger partial charge in [-0.15, -0.1) is 0 Å². The lowest BCUT2D eigenvalue weighted by molar-refractivity contribution is -0.118. The maximum atomic E-state index is 12.7. The molecular weight excluding hydrogens is 332 g/mol. The van der Waals surface area contributed by atoms with E-state index in [1.165, 1.54) is 6.26 Å². The number of carbonyl (C=O) groups excluding carboxylic acids is 2. The van der Waals surface area contributed by atoms with E-state index in [1.54, 1.807) is 29.0 Å². The second kappa shape index (κ2) is 6.33. The maximum Gasteiger partial charge on any atom is 0.255 e. The quantitative estimate of drug-likeness (QED) is 0.781. The van der Waals surface area contributed by atoms with Crippen LogP contribution in [-0.4, -0.2) is 34.2 Å². The molecule has 4 rings (SSSR count). The Kier molecular flexibility index (Phi) is 3.99. The average Bonchev–Trinajstić information content (AvgIpc) is 3.34. The molecule has 0 spiro atoms. The highest BCUT2D eigenvalue weighted by Gasteiger charge is 2.34. The minimum atomic E-state index is -0.540. The van der Waals surface area contributed by atoms with Crippen molar-refractivity contribution in [3.8, 4) is 0 Å². The SMILES string of the molecule is CCc1ccc2occ(C(=O)NC3CCN(c4cnn(C)c4)C3=O)c2c1. The van der Waals surface area contributed by atoms with E-state index in [0.717, 1.165) is 23.1 Å². The molecule has 1 unspecified atom stereocenters. The lowest BCUT2D eigenvalue weighted by atomic mass is 10.1. The van der Waals surface area contributed by atoms with Crippen molar-refractivity contribution in [2.24, 2.45) is 7.05 Å². The van der Waals surface area contributed by atoms with E-state index in [1.807, 2.05) is 18.2 Å². The second-order valence-corrected chi connectivity index (χ2v) is 6.51. The number of benzene rings is 1. The van der Waals surface area contributed by atoms with Crippen molar-refractivity contribution >= 4 is 28.5 Å². The lowest BCUT2D eigenvalue weighted by Gasteiger charge is -2.15. The van der Waals surface area contributed by atoms with E-state index in [4.69, 9.17) is 4.42 Å². The smallest absolute Gasteiger partial charge is 0.255 e. The van der Waals surface area contributed by atoms with E-state index < -0.39 is 6.04 Å². The number of anilines is 1. The molecule has 1 aromatic carbocycles. The van der Waals surface area contributed by atoms with Gasteiger partial charge < -0.3 is 14.6 Å². The van der Waals surface area contributed by atoms with Gasteiger partial charge in [-0.3, -0.25) is 14.3 Å². The van der Waals surface area contributed by atoms with Crippen LogP contribution < -0.4 is 10.2 Å². The molecule has 134 valence electrons. The van der Waals surface area contributed by atoms with Gasteiger partial charge >= 0.3 is 0 Å². The molecule has 2 amide bonds. The number of hydrogen-bond donors (Lipinski definition) is 1. The normalized spacial score (nSPS) is 17.2. The molecule has 1 saturated heterocycles. The lowest BCUT2D eigenvalue weighted by Crippen LogP contribution is -2.41. The Balaban J connectivity index is 1.53. The van der Waals surface area contributed by atoms with Crippen molar-refractivity contribution in [2.75, 3.05) is 11.4 Å². The van der Waals surface area contributed by atoms with Gasteiger partial charge in [0, 0.05) is 25.2 Å². The first-order valence-electron chi connectivity index (χ1n) is 8.68. The molecule has 3 aromatic rings. The predicted octanol–water partition coefficient (Wildman–Crippen LogP) is 2.26. The molecule has 3 heterocycles. The number of fused-ring (bicyclic) bond motifs is 1. The number of furan rings is 1. The molecular formula is C19H20N4O3. The fourth-order valence-electron chi connectivity index (χ4n) is 3.33. The second-order valence-electron chi connectivity index (χ2n) is 6.51. The number of nitrogens with zero attached hydrogens (tertiary/aromatic N) is 3. The number of rotatable bonds is 4. The molecule has 0 radical (unpaired) electrons. The third-order valence-electron chi connectivity index (χ3n) is 4.80. The Hall–Kier alpha value is -3.09. The third-order valence-corrected chi connectivity index (χ3v) is 4.80. The zero-order valence-electron chi connectivity index (χ0n) is 14.7. The van der Waals surface area contributed by atoms with Gasteiger partial charge in [-0.1, -0.05) is 13.0 Å². The molecule has 1 atom stereocenters. The van der Waals surface area contributed by atoms with E-state index in [2.05, 4.69) is 17.3 Å². The number of hydrogen-bond acceptors (Lipinski definition) is 4. The first-order valence-corrected chi connectivity index (χ1v) is 8.68. The molecule has 0 aliphatic carbocycles. The topological polar surface area (TPSA) is 80.4 Å². The summed E-state index contributed by atoms with van der Waals surface area (Å²) in [7, 11) is 1.80. The van der Waals surface area contributed by atoms with Gasteiger partial charge in [-0.05, 0) is 30.5 Å². The monoisotopic (exact) mass is 352 g/mol. The van der Waals surface area contributed by atoms with Crippen LogP contribution in [0.25, 0.3) is 11.0 Å². The fraction of sp³-hybridized carbons (Fsp3) is 0.316. The number of aromatic nitrogens is 2. The van der Waals surface area contributed by atoms with Crippen LogP contribution in [0.2, 0.25) is 0 Å². The van der Waals surface area contributed by atoms with E-state index in [9.17, 15) is 9.59 Å². The molecule has 0 saturated carbocycles. The summed E-state index contributed by atoms with van der Waals surface area (Å²) in [5.74, 6) is -0.406. The Morgan fingerprint density at radius 2 is 2.27 bits per heavy atom. The zero-order chi connectivity index (χ0) is 18.3. The van der Waals surface area contributed by atoms with Gasteiger partial charge in [-0.2, -0.15) is 5.10 Å². The number of amides is 2. The Bertz CT molecular complexity index is 988. The fourth-order valence-corrected chi connectivity index (χ4v) is 3.33. The number of aryl methyl sites for hydroxylation is 2. The minimum Gasteiger partial charge on any atom is -0.463 e. The van der Waals surface area contributed by atoms with Crippen molar-refractivity contribution < 1.29 is 14.0 Å². The summed E-state index contributed by atoms with van der Waals surface area (Å²) in [4.78, 5) is 27.0. The summed E-state index contributed by atoms with van der Waals surface area (Å²) < 4.78 is 7.14. The van der Waals surface area contributed by atoms with Crippen molar-refractivity contribution in [1.29, 1.82) is 0 Å². The van der Waals surface area contributed by atoms with Crippen LogP contribution in [-0.2, 0) is 18.3 Å². The zero-order valence-corrected chi connectivity index (χ0v) is 14.7. The summed E-state index contributed by atoms with van der Waals surface area (Å²) in [5, 5.41) is 7.72. The summed E-state index contributed by atoms with van der Waals surface area (Å²) >= 11 is 0. The first kappa shape index (κ1) is 16.4. The standard InChI is InChI=1S/C19H20N4O3/c1-3-12-4-5-17-14(8-12)15(11-26-17)18(24)21-16-6-7-23(19(16)25)13-9-20-22(2)10-13/h4-5,8-11,16H,3,6-7H2,1-2H3,(H,21,24). The molecule has 1 fully saturated rings. The molecule has 1 N–H and O–H groups in total. The average molecular weight is 352 g/mol. The van der Waals surface area contributed by atoms with E-state index in [0.29, 0.717) is 24.1 Å². The molecule has 2 aromatic heterocycles. The van der Waals surface area contributed by atoms with Gasteiger partial charge in [0.15, 0.2) is 0 Å². The van der Waals surface area contributed by atoms with Crippen molar-refractivity contribution in [3.63, 3.8) is 0 Å². The van der Waals surface area contributed by atoms with E-state index >= 15 is 0 Å². The van der Waals surface area contributed by atoms with Crippen LogP contribution in [0.3, 0.4) is 0 Å². The molecule has 1 aliphatic heterocycles. The Morgan fingerprint density at radius 1 is 1.42 bits per heavy atom. The highest BCUT2D eigenvalue weighted by Crippen LogP contribution is 2.24. The van der Waals surface area contributed by atoms with Gasteiger partial charge in [0.25, 0.3) is 5.91 Å². The highest BCUT2D eigenvalue weighted by atomic mass is 16.3. The summed E-state index contributed by atoms with van der Waals surface area (Å²) in [6.07, 6.45) is 6.34. The third kappa shape index (κ3) is 2.75. The Morgan fingerprint density at radius 3 is 3.00 bits per heavy atom. The van der Waals surface area contributed by atoms with Crippen LogP contribution in [0.4, 0.5) is 5.69 Å². The molecule has 26 heavy (non-hydrogen) atoms. The molecule has 7 heteroatoms. The predicted molar refractivity (Wildman–Crippen MR) is 97.0 cm³/mol. The van der Waals surface area contributed by atoms with E-state index in [-0.39, 0.29) is 11.8 Å². The molecule has 1 aliphatic rings. The number of carbonyl (C=O) groups is 2. The van der Waals surface area contributed by atoms with Gasteiger partial charge in [0.2, 0.25) is 5.91 Å². The largest absolute Gasteiger partial charge is 0.463 e.